The highest BCUT2D eigenvalue weighted by Crippen LogP contribution is 2.53. The molecule has 1 N–H and O–H groups in total. The molecule has 4 heteroatoms. The van der Waals surface area contributed by atoms with Crippen molar-refractivity contribution in [2.45, 2.75) is 51.5 Å². The Kier molecular flexibility index (Phi) is 3.24. The van der Waals surface area contributed by atoms with Crippen LogP contribution in [-0.2, 0) is 16.6 Å². The molecule has 1 unspecified atom stereocenters. The van der Waals surface area contributed by atoms with Gasteiger partial charge in [-0.25, -0.2) is 0 Å². The zero-order chi connectivity index (χ0) is 16.1. The Morgan fingerprint density at radius 2 is 2.00 bits per heavy atom. The number of allylic oxidation sites excluding steroid dienone is 1. The van der Waals surface area contributed by atoms with E-state index in [0.717, 1.165) is 34.7 Å². The Bertz CT molecular complexity index is 663. The third-order valence-corrected chi connectivity index (χ3v) is 4.75. The maximum atomic E-state index is 13.0. The molecule has 0 spiro atoms. The highest BCUT2D eigenvalue weighted by Gasteiger charge is 2.50. The zero-order valence-electron chi connectivity index (χ0n) is 13.7. The lowest BCUT2D eigenvalue weighted by Gasteiger charge is -2.43. The van der Waals surface area contributed by atoms with E-state index in [2.05, 4.69) is 24.9 Å². The minimum absolute atomic E-state index is 0.174. The molecular formula is C18H23NO3. The zero-order valence-corrected chi connectivity index (χ0v) is 13.7. The molecule has 0 radical (unpaired) electrons. The number of anilines is 1. The summed E-state index contributed by atoms with van der Waals surface area (Å²) in [7, 11) is 0. The van der Waals surface area contributed by atoms with Crippen molar-refractivity contribution in [3.05, 3.63) is 29.8 Å². The molecule has 0 bridgehead atoms. The van der Waals surface area contributed by atoms with Gasteiger partial charge in [0.15, 0.2) is 17.3 Å². The second-order valence-corrected chi connectivity index (χ2v) is 6.78. The average Bonchev–Trinajstić information content (AvgIpc) is 2.95. The first-order valence-electron chi connectivity index (χ1n) is 7.75. The van der Waals surface area contributed by atoms with Crippen molar-refractivity contribution < 1.29 is 14.3 Å². The molecule has 1 aromatic carbocycles. The van der Waals surface area contributed by atoms with Crippen molar-refractivity contribution in [3.8, 4) is 11.5 Å². The molecule has 1 aromatic rings. The average molecular weight is 301 g/mol. The molecule has 2 aliphatic rings. The number of benzene rings is 1. The number of nitrogens with one attached hydrogen (secondary N) is 1. The first-order chi connectivity index (χ1) is 10.3. The second kappa shape index (κ2) is 4.77. The number of hydrogen-bond donors (Lipinski definition) is 1. The van der Waals surface area contributed by atoms with Gasteiger partial charge in [0, 0.05) is 0 Å². The number of fused-ring (bicyclic) bond motifs is 3. The van der Waals surface area contributed by atoms with Gasteiger partial charge in [-0.3, -0.25) is 4.79 Å². The van der Waals surface area contributed by atoms with E-state index in [4.69, 9.17) is 9.47 Å². The quantitative estimate of drug-likeness (QED) is 0.867. The topological polar surface area (TPSA) is 47.6 Å². The highest BCUT2D eigenvalue weighted by molar-refractivity contribution is 6.04. The molecular weight excluding hydrogens is 278 g/mol. The molecule has 2 heterocycles. The highest BCUT2D eigenvalue weighted by atomic mass is 16.7. The molecule has 3 rings (SSSR count). The Hall–Kier alpha value is -1.97. The number of carbonyl (C=O) groups excluding carboxylic acids is 1. The van der Waals surface area contributed by atoms with Gasteiger partial charge in [0.2, 0.25) is 6.79 Å². The van der Waals surface area contributed by atoms with E-state index in [0.29, 0.717) is 6.42 Å². The Morgan fingerprint density at radius 1 is 1.32 bits per heavy atom. The molecule has 0 aliphatic carbocycles. The predicted octanol–water partition coefficient (Wildman–Crippen LogP) is 3.58. The van der Waals surface area contributed by atoms with Crippen LogP contribution in [0.1, 0.15) is 45.2 Å². The van der Waals surface area contributed by atoms with E-state index in [1.807, 2.05) is 26.8 Å². The van der Waals surface area contributed by atoms with E-state index < -0.39 is 11.0 Å². The van der Waals surface area contributed by atoms with E-state index in [-0.39, 0.29) is 12.6 Å². The molecule has 118 valence electrons. The summed E-state index contributed by atoms with van der Waals surface area (Å²) >= 11 is 0. The Labute approximate surface area is 131 Å². The van der Waals surface area contributed by atoms with Gasteiger partial charge in [-0.15, -0.1) is 6.58 Å². The summed E-state index contributed by atoms with van der Waals surface area (Å²) in [6.45, 7) is 12.0. The minimum Gasteiger partial charge on any atom is -0.453 e. The number of carbonyl (C=O) groups is 1. The van der Waals surface area contributed by atoms with Gasteiger partial charge >= 0.3 is 0 Å². The van der Waals surface area contributed by atoms with E-state index in [9.17, 15) is 4.79 Å². The normalized spacial score (nSPS) is 24.6. The van der Waals surface area contributed by atoms with Crippen LogP contribution < -0.4 is 14.8 Å². The van der Waals surface area contributed by atoms with Crippen LogP contribution in [0.4, 0.5) is 5.69 Å². The lowest BCUT2D eigenvalue weighted by atomic mass is 9.66. The molecule has 2 aliphatic heterocycles. The van der Waals surface area contributed by atoms with Crippen LogP contribution in [0, 0.1) is 0 Å². The smallest absolute Gasteiger partial charge is 0.231 e. The fourth-order valence-corrected chi connectivity index (χ4v) is 3.63. The van der Waals surface area contributed by atoms with Crippen molar-refractivity contribution >= 4 is 11.5 Å². The number of ether oxygens (including phenoxy) is 2. The van der Waals surface area contributed by atoms with Crippen LogP contribution in [0.15, 0.2) is 18.7 Å². The van der Waals surface area contributed by atoms with Crippen LogP contribution >= 0.6 is 0 Å². The van der Waals surface area contributed by atoms with E-state index in [1.54, 1.807) is 0 Å². The summed E-state index contributed by atoms with van der Waals surface area (Å²) in [5.41, 5.74) is 1.70. The molecule has 0 saturated carbocycles. The van der Waals surface area contributed by atoms with Crippen molar-refractivity contribution in [2.24, 2.45) is 0 Å². The minimum atomic E-state index is -0.655. The molecule has 4 nitrogen and oxygen atoms in total. The number of Topliss-reactive ketones (excluding diaryl/α,β-unsaturated/α-hetero) is 1. The number of rotatable bonds is 3. The summed E-state index contributed by atoms with van der Waals surface area (Å²) in [6.07, 6.45) is 3.26. The van der Waals surface area contributed by atoms with Gasteiger partial charge in [0.1, 0.15) is 0 Å². The van der Waals surface area contributed by atoms with Crippen LogP contribution in [0.2, 0.25) is 0 Å². The molecule has 0 saturated heterocycles. The van der Waals surface area contributed by atoms with Gasteiger partial charge in [0.25, 0.3) is 0 Å². The van der Waals surface area contributed by atoms with Gasteiger partial charge in [-0.05, 0) is 50.8 Å². The number of aryl methyl sites for hydroxylation is 1. The Balaban J connectivity index is 2.31. The first-order valence-corrected chi connectivity index (χ1v) is 7.75. The van der Waals surface area contributed by atoms with Gasteiger partial charge in [-0.2, -0.15) is 0 Å². The molecule has 0 amide bonds. The van der Waals surface area contributed by atoms with Gasteiger partial charge in [-0.1, -0.05) is 13.0 Å². The third-order valence-electron chi connectivity index (χ3n) is 4.75. The summed E-state index contributed by atoms with van der Waals surface area (Å²) in [6, 6.07) is 2.09. The van der Waals surface area contributed by atoms with Gasteiger partial charge in [0.05, 0.1) is 16.6 Å². The monoisotopic (exact) mass is 301 g/mol. The van der Waals surface area contributed by atoms with E-state index in [1.165, 1.54) is 0 Å². The molecule has 22 heavy (non-hydrogen) atoms. The lowest BCUT2D eigenvalue weighted by Crippen LogP contribution is -2.54. The summed E-state index contributed by atoms with van der Waals surface area (Å²) in [4.78, 5) is 13.0. The van der Waals surface area contributed by atoms with Crippen molar-refractivity contribution in [1.82, 2.24) is 0 Å². The van der Waals surface area contributed by atoms with Crippen LogP contribution in [0.25, 0.3) is 0 Å². The third kappa shape index (κ3) is 1.86. The predicted molar refractivity (Wildman–Crippen MR) is 86.8 cm³/mol. The first kappa shape index (κ1) is 14.9. The fourth-order valence-electron chi connectivity index (χ4n) is 3.63. The molecule has 0 fully saturated rings. The maximum Gasteiger partial charge on any atom is 0.231 e. The van der Waals surface area contributed by atoms with Crippen molar-refractivity contribution in [1.29, 1.82) is 0 Å². The summed E-state index contributed by atoms with van der Waals surface area (Å²) in [5.74, 6) is 1.72. The number of hydrogen-bond acceptors (Lipinski definition) is 4. The van der Waals surface area contributed by atoms with Crippen LogP contribution in [-0.4, -0.2) is 18.1 Å². The molecule has 0 aromatic heterocycles. The largest absolute Gasteiger partial charge is 0.453 e. The summed E-state index contributed by atoms with van der Waals surface area (Å²) < 4.78 is 11.4. The van der Waals surface area contributed by atoms with Crippen LogP contribution in [0.5, 0.6) is 11.5 Å². The fraction of sp³-hybridized carbons (Fsp3) is 0.500. The number of ketones is 1. The maximum absolute atomic E-state index is 13.0. The van der Waals surface area contributed by atoms with E-state index >= 15 is 0 Å². The lowest BCUT2D eigenvalue weighted by molar-refractivity contribution is -0.128. The van der Waals surface area contributed by atoms with Crippen LogP contribution in [0.3, 0.4) is 0 Å². The van der Waals surface area contributed by atoms with Gasteiger partial charge < -0.3 is 14.8 Å². The Morgan fingerprint density at radius 3 is 2.64 bits per heavy atom. The van der Waals surface area contributed by atoms with Crippen molar-refractivity contribution in [2.75, 3.05) is 12.1 Å². The van der Waals surface area contributed by atoms with Crippen molar-refractivity contribution in [3.63, 3.8) is 0 Å². The SMILES string of the molecule is C=CCC1(C)C(=O)C(C)(C)Nc2c1cc(CC)c1c2OCO1. The summed E-state index contributed by atoms with van der Waals surface area (Å²) in [5, 5.41) is 3.36. The standard InChI is InChI=1S/C18H23NO3/c1-6-8-18(5)12-9-11(7-2)14-15(22-10-21-14)13(12)19-17(3,4)16(18)20/h6,9,19H,1,7-8,10H2,2-5H3. The molecule has 1 atom stereocenters. The second-order valence-electron chi connectivity index (χ2n) is 6.78.